The van der Waals surface area contributed by atoms with Gasteiger partial charge in [0, 0.05) is 16.7 Å². The third kappa shape index (κ3) is 5.67. The molecular formula is C53H36N2. The fourth-order valence-corrected chi connectivity index (χ4v) is 8.41. The molecule has 0 saturated carbocycles. The lowest BCUT2D eigenvalue weighted by molar-refractivity contribution is 0.769. The number of nitrogens with zero attached hydrogens (tertiary/aromatic N) is 2. The molecule has 10 rings (SSSR count). The van der Waals surface area contributed by atoms with E-state index in [0.717, 1.165) is 39.2 Å². The summed E-state index contributed by atoms with van der Waals surface area (Å²) in [7, 11) is 0. The Morgan fingerprint density at radius 2 is 0.709 bits per heavy atom. The first-order valence-corrected chi connectivity index (χ1v) is 18.8. The highest BCUT2D eigenvalue weighted by atomic mass is 14.9. The Hall–Kier alpha value is -7.16. The topological polar surface area (TPSA) is 25.8 Å². The van der Waals surface area contributed by atoms with E-state index in [1.165, 1.54) is 44.5 Å². The monoisotopic (exact) mass is 700 g/mol. The van der Waals surface area contributed by atoms with Crippen molar-refractivity contribution in [2.45, 2.75) is 5.41 Å². The van der Waals surface area contributed by atoms with Gasteiger partial charge in [-0.15, -0.1) is 0 Å². The molecule has 1 heterocycles. The maximum Gasteiger partial charge on any atom is 0.160 e. The average Bonchev–Trinajstić information content (AvgIpc) is 3.58. The number of aromatic nitrogens is 2. The lowest BCUT2D eigenvalue weighted by Crippen LogP contribution is -2.28. The molecule has 0 N–H and O–H groups in total. The van der Waals surface area contributed by atoms with Gasteiger partial charge >= 0.3 is 0 Å². The molecule has 0 radical (unpaired) electrons. The van der Waals surface area contributed by atoms with E-state index in [2.05, 4.69) is 182 Å². The van der Waals surface area contributed by atoms with Crippen molar-refractivity contribution < 1.29 is 0 Å². The second-order valence-corrected chi connectivity index (χ2v) is 14.1. The zero-order valence-corrected chi connectivity index (χ0v) is 30.2. The molecule has 0 saturated heterocycles. The number of hydrogen-bond acceptors (Lipinski definition) is 2. The predicted octanol–water partition coefficient (Wildman–Crippen LogP) is 13.2. The van der Waals surface area contributed by atoms with Gasteiger partial charge in [0.05, 0.1) is 16.8 Å². The van der Waals surface area contributed by atoms with Crippen LogP contribution in [0.2, 0.25) is 0 Å². The molecule has 1 aliphatic rings. The van der Waals surface area contributed by atoms with Gasteiger partial charge in [0.15, 0.2) is 5.82 Å². The smallest absolute Gasteiger partial charge is 0.160 e. The van der Waals surface area contributed by atoms with Gasteiger partial charge in [-0.3, -0.25) is 0 Å². The molecule has 0 amide bonds. The Morgan fingerprint density at radius 1 is 0.273 bits per heavy atom. The van der Waals surface area contributed by atoms with E-state index in [4.69, 9.17) is 9.97 Å². The van der Waals surface area contributed by atoms with Gasteiger partial charge in [-0.25, -0.2) is 9.97 Å². The van der Waals surface area contributed by atoms with Crippen molar-refractivity contribution in [3.8, 4) is 67.3 Å². The Morgan fingerprint density at radius 3 is 1.29 bits per heavy atom. The standard InChI is InChI=1S/C53H36N2/c1-5-16-39(17-6-1)50-36-51(40-18-7-2-8-19-40)55-52(54-50)43-21-15-20-41(34-43)37-28-30-38(31-29-37)42-32-33-47-46-26-13-14-27-48(46)53(49(47)35-42,44-22-9-3-10-23-44)45-24-11-4-12-25-45/h1-36H. The Balaban J connectivity index is 1.04. The summed E-state index contributed by atoms with van der Waals surface area (Å²) in [5.41, 5.74) is 16.9. The van der Waals surface area contributed by atoms with E-state index in [1.807, 2.05) is 36.4 Å². The summed E-state index contributed by atoms with van der Waals surface area (Å²) in [6.07, 6.45) is 0. The van der Waals surface area contributed by atoms with E-state index >= 15 is 0 Å². The van der Waals surface area contributed by atoms with Crippen molar-refractivity contribution in [2.75, 3.05) is 0 Å². The highest BCUT2D eigenvalue weighted by Crippen LogP contribution is 2.56. The van der Waals surface area contributed by atoms with Crippen LogP contribution >= 0.6 is 0 Å². The van der Waals surface area contributed by atoms with Crippen LogP contribution in [-0.4, -0.2) is 9.97 Å². The van der Waals surface area contributed by atoms with E-state index < -0.39 is 5.41 Å². The molecule has 0 bridgehead atoms. The summed E-state index contributed by atoms with van der Waals surface area (Å²) >= 11 is 0. The highest BCUT2D eigenvalue weighted by molar-refractivity contribution is 5.88. The number of fused-ring (bicyclic) bond motifs is 3. The summed E-state index contributed by atoms with van der Waals surface area (Å²) in [6, 6.07) is 78.2. The molecular weight excluding hydrogens is 665 g/mol. The fraction of sp³-hybridized carbons (Fsp3) is 0.0189. The summed E-state index contributed by atoms with van der Waals surface area (Å²) in [4.78, 5) is 10.2. The third-order valence-corrected chi connectivity index (χ3v) is 11.0. The first-order chi connectivity index (χ1) is 27.3. The second-order valence-electron chi connectivity index (χ2n) is 14.1. The molecule has 0 unspecified atom stereocenters. The van der Waals surface area contributed by atoms with Crippen molar-refractivity contribution in [2.24, 2.45) is 0 Å². The van der Waals surface area contributed by atoms with Crippen LogP contribution in [0.5, 0.6) is 0 Å². The number of benzene rings is 8. The van der Waals surface area contributed by atoms with Crippen molar-refractivity contribution in [3.05, 3.63) is 241 Å². The highest BCUT2D eigenvalue weighted by Gasteiger charge is 2.46. The molecule has 258 valence electrons. The van der Waals surface area contributed by atoms with Crippen molar-refractivity contribution in [3.63, 3.8) is 0 Å². The molecule has 2 heteroatoms. The van der Waals surface area contributed by atoms with Gasteiger partial charge in [-0.05, 0) is 73.8 Å². The molecule has 1 aliphatic carbocycles. The second kappa shape index (κ2) is 13.7. The van der Waals surface area contributed by atoms with Gasteiger partial charge in [0.2, 0.25) is 0 Å². The molecule has 2 nitrogen and oxygen atoms in total. The molecule has 0 fully saturated rings. The normalized spacial score (nSPS) is 12.5. The van der Waals surface area contributed by atoms with Crippen LogP contribution in [0.3, 0.4) is 0 Å². The van der Waals surface area contributed by atoms with Crippen LogP contribution in [0.1, 0.15) is 22.3 Å². The minimum atomic E-state index is -0.425. The zero-order valence-electron chi connectivity index (χ0n) is 30.2. The minimum Gasteiger partial charge on any atom is -0.228 e. The quantitative estimate of drug-likeness (QED) is 0.165. The van der Waals surface area contributed by atoms with Crippen LogP contribution < -0.4 is 0 Å². The zero-order chi connectivity index (χ0) is 36.6. The van der Waals surface area contributed by atoms with Gasteiger partial charge in [-0.2, -0.15) is 0 Å². The Kier molecular flexibility index (Phi) is 8.08. The number of rotatable bonds is 7. The first-order valence-electron chi connectivity index (χ1n) is 18.8. The Bertz CT molecular complexity index is 2680. The first kappa shape index (κ1) is 32.5. The van der Waals surface area contributed by atoms with E-state index in [-0.39, 0.29) is 0 Å². The number of hydrogen-bond donors (Lipinski definition) is 0. The average molecular weight is 701 g/mol. The maximum atomic E-state index is 5.08. The summed E-state index contributed by atoms with van der Waals surface area (Å²) in [5.74, 6) is 0.707. The van der Waals surface area contributed by atoms with Crippen molar-refractivity contribution in [1.29, 1.82) is 0 Å². The van der Waals surface area contributed by atoms with Gasteiger partial charge in [-0.1, -0.05) is 200 Å². The lowest BCUT2D eigenvalue weighted by Gasteiger charge is -2.34. The molecule has 8 aromatic carbocycles. The van der Waals surface area contributed by atoms with Crippen LogP contribution in [0.25, 0.3) is 67.3 Å². The lowest BCUT2D eigenvalue weighted by atomic mass is 9.67. The summed E-state index contributed by atoms with van der Waals surface area (Å²) in [6.45, 7) is 0. The van der Waals surface area contributed by atoms with Gasteiger partial charge in [0.25, 0.3) is 0 Å². The van der Waals surface area contributed by atoms with Crippen LogP contribution in [-0.2, 0) is 5.41 Å². The summed E-state index contributed by atoms with van der Waals surface area (Å²) < 4.78 is 0. The SMILES string of the molecule is c1ccc(-c2cc(-c3ccccc3)nc(-c3cccc(-c4ccc(-c5ccc6c(c5)C(c5ccccc5)(c5ccccc5)c5ccccc5-6)cc4)c3)n2)cc1. The van der Waals surface area contributed by atoms with Crippen LogP contribution in [0.4, 0.5) is 0 Å². The Labute approximate surface area is 322 Å². The summed E-state index contributed by atoms with van der Waals surface area (Å²) in [5, 5.41) is 0. The molecule has 9 aromatic rings. The maximum absolute atomic E-state index is 5.08. The third-order valence-electron chi connectivity index (χ3n) is 11.0. The molecule has 1 aromatic heterocycles. The molecule has 55 heavy (non-hydrogen) atoms. The van der Waals surface area contributed by atoms with Crippen molar-refractivity contribution >= 4 is 0 Å². The molecule has 0 aliphatic heterocycles. The van der Waals surface area contributed by atoms with E-state index in [0.29, 0.717) is 5.82 Å². The van der Waals surface area contributed by atoms with Gasteiger partial charge < -0.3 is 0 Å². The van der Waals surface area contributed by atoms with E-state index in [9.17, 15) is 0 Å². The van der Waals surface area contributed by atoms with E-state index in [1.54, 1.807) is 0 Å². The largest absolute Gasteiger partial charge is 0.228 e. The van der Waals surface area contributed by atoms with Crippen LogP contribution in [0, 0.1) is 0 Å². The van der Waals surface area contributed by atoms with Gasteiger partial charge in [0.1, 0.15) is 0 Å². The van der Waals surface area contributed by atoms with Crippen molar-refractivity contribution in [1.82, 2.24) is 9.97 Å². The van der Waals surface area contributed by atoms with Crippen LogP contribution in [0.15, 0.2) is 218 Å². The minimum absolute atomic E-state index is 0.425. The fourth-order valence-electron chi connectivity index (χ4n) is 8.41. The molecule has 0 spiro atoms. The predicted molar refractivity (Wildman–Crippen MR) is 227 cm³/mol. The molecule has 0 atom stereocenters.